The highest BCUT2D eigenvalue weighted by Gasteiger charge is 2.29. The van der Waals surface area contributed by atoms with Gasteiger partial charge in [0.1, 0.15) is 5.75 Å². The molecule has 6 nitrogen and oxygen atoms in total. The van der Waals surface area contributed by atoms with E-state index in [-0.39, 0.29) is 0 Å². The van der Waals surface area contributed by atoms with Gasteiger partial charge in [0.05, 0.1) is 0 Å². The van der Waals surface area contributed by atoms with Crippen LogP contribution in [0, 0.1) is 0 Å². The van der Waals surface area contributed by atoms with Gasteiger partial charge in [0.2, 0.25) is 4.96 Å². The van der Waals surface area contributed by atoms with Crippen LogP contribution in [0.2, 0.25) is 5.02 Å². The van der Waals surface area contributed by atoms with Gasteiger partial charge in [-0.05, 0) is 62.4 Å². The van der Waals surface area contributed by atoms with Gasteiger partial charge >= 0.3 is 0 Å². The van der Waals surface area contributed by atoms with Crippen LogP contribution in [0.4, 0.5) is 5.69 Å². The topological polar surface area (TPSA) is 55.5 Å². The minimum absolute atomic E-state index is 0.620. The van der Waals surface area contributed by atoms with Crippen molar-refractivity contribution in [3.63, 3.8) is 0 Å². The van der Waals surface area contributed by atoms with E-state index in [0.717, 1.165) is 27.0 Å². The smallest absolute Gasteiger partial charge is 0.235 e. The second-order valence-corrected chi connectivity index (χ2v) is 8.53. The van der Waals surface area contributed by atoms with Crippen molar-refractivity contribution in [2.45, 2.75) is 19.4 Å². The maximum absolute atomic E-state index is 6.15. The van der Waals surface area contributed by atoms with Gasteiger partial charge in [-0.3, -0.25) is 0 Å². The molecule has 0 saturated carbocycles. The molecule has 2 heterocycles. The number of halogens is 1. The van der Waals surface area contributed by atoms with Crippen molar-refractivity contribution in [2.24, 2.45) is 0 Å². The first-order valence-electron chi connectivity index (χ1n) is 8.78. The molecule has 0 aliphatic heterocycles. The molecule has 0 aliphatic rings. The lowest BCUT2D eigenvalue weighted by Gasteiger charge is -2.23. The van der Waals surface area contributed by atoms with Crippen molar-refractivity contribution in [3.8, 4) is 17.1 Å². The lowest BCUT2D eigenvalue weighted by Crippen LogP contribution is -2.25. The van der Waals surface area contributed by atoms with Crippen LogP contribution in [0.15, 0.2) is 48.5 Å². The molecule has 0 N–H and O–H groups in total. The van der Waals surface area contributed by atoms with Crippen LogP contribution < -0.4 is 9.64 Å². The summed E-state index contributed by atoms with van der Waals surface area (Å²) < 4.78 is 7.93. The van der Waals surface area contributed by atoms with Crippen molar-refractivity contribution in [1.29, 1.82) is 0 Å². The Hall–Kier alpha value is -2.64. The van der Waals surface area contributed by atoms with Crippen LogP contribution in [0.5, 0.6) is 5.75 Å². The zero-order valence-corrected chi connectivity index (χ0v) is 17.6. The summed E-state index contributed by atoms with van der Waals surface area (Å²) in [6, 6.07) is 15.5. The molecule has 4 rings (SSSR count). The highest BCUT2D eigenvalue weighted by atomic mass is 35.5. The Balaban J connectivity index is 1.65. The fourth-order valence-electron chi connectivity index (χ4n) is 2.79. The second-order valence-electron chi connectivity index (χ2n) is 7.13. The van der Waals surface area contributed by atoms with Gasteiger partial charge in [0, 0.05) is 30.4 Å². The van der Waals surface area contributed by atoms with Gasteiger partial charge in [-0.2, -0.15) is 9.61 Å². The average Bonchev–Trinajstić information content (AvgIpc) is 3.25. The van der Waals surface area contributed by atoms with Crippen molar-refractivity contribution in [2.75, 3.05) is 19.0 Å². The number of hydrogen-bond acceptors (Lipinski definition) is 6. The highest BCUT2D eigenvalue weighted by Crippen LogP contribution is 2.32. The number of fused-ring (bicyclic) bond motifs is 1. The lowest BCUT2D eigenvalue weighted by atomic mass is 10.1. The summed E-state index contributed by atoms with van der Waals surface area (Å²) in [6.45, 7) is 3.97. The third-order valence-corrected chi connectivity index (χ3v) is 5.79. The number of rotatable bonds is 5. The molecule has 0 spiro atoms. The van der Waals surface area contributed by atoms with E-state index in [4.69, 9.17) is 21.4 Å². The summed E-state index contributed by atoms with van der Waals surface area (Å²) in [7, 11) is 4.03. The third-order valence-electron chi connectivity index (χ3n) is 4.33. The summed E-state index contributed by atoms with van der Waals surface area (Å²) in [5, 5.41) is 14.8. The predicted octanol–water partition coefficient (Wildman–Crippen LogP) is 4.89. The monoisotopic (exact) mass is 413 g/mol. The fourth-order valence-corrected chi connectivity index (χ4v) is 3.79. The Morgan fingerprint density at radius 2 is 1.68 bits per heavy atom. The highest BCUT2D eigenvalue weighted by molar-refractivity contribution is 7.16. The second kappa shape index (κ2) is 7.07. The van der Waals surface area contributed by atoms with E-state index in [9.17, 15) is 0 Å². The first kappa shape index (κ1) is 18.7. The van der Waals surface area contributed by atoms with E-state index >= 15 is 0 Å². The normalized spacial score (nSPS) is 11.8. The average molecular weight is 414 g/mol. The van der Waals surface area contributed by atoms with Crippen LogP contribution >= 0.6 is 22.9 Å². The van der Waals surface area contributed by atoms with Crippen molar-refractivity contribution >= 4 is 33.6 Å². The van der Waals surface area contributed by atoms with Crippen molar-refractivity contribution in [3.05, 3.63) is 58.6 Å². The molecule has 0 radical (unpaired) electrons. The van der Waals surface area contributed by atoms with Gasteiger partial charge < -0.3 is 9.64 Å². The molecule has 0 atom stereocenters. The molecular weight excluding hydrogens is 394 g/mol. The van der Waals surface area contributed by atoms with Crippen LogP contribution in [-0.2, 0) is 5.60 Å². The fraction of sp³-hybridized carbons (Fsp3) is 0.250. The molecule has 0 unspecified atom stereocenters. The molecule has 0 fully saturated rings. The Morgan fingerprint density at radius 1 is 1.00 bits per heavy atom. The van der Waals surface area contributed by atoms with Gasteiger partial charge in [-0.1, -0.05) is 22.9 Å². The molecule has 28 heavy (non-hydrogen) atoms. The Morgan fingerprint density at radius 3 is 2.32 bits per heavy atom. The van der Waals surface area contributed by atoms with E-state index in [2.05, 4.69) is 27.2 Å². The van der Waals surface area contributed by atoms with Crippen molar-refractivity contribution < 1.29 is 4.74 Å². The Kier molecular flexibility index (Phi) is 4.72. The zero-order valence-electron chi connectivity index (χ0n) is 16.0. The SMILES string of the molecule is CN(C)c1ccc(-c2nnc3sc(C(C)(C)Oc4ccc(Cl)cc4)nn23)cc1. The van der Waals surface area contributed by atoms with Gasteiger partial charge in [0.15, 0.2) is 16.4 Å². The quantitative estimate of drug-likeness (QED) is 0.466. The standard InChI is InChI=1S/C20H20ClN5OS/c1-20(2,27-16-11-7-14(21)8-12-16)18-24-26-17(22-23-19(26)28-18)13-5-9-15(10-6-13)25(3)4/h5-12H,1-4H3. The molecule has 0 aliphatic carbocycles. The predicted molar refractivity (Wildman–Crippen MR) is 114 cm³/mol. The van der Waals surface area contributed by atoms with Crippen molar-refractivity contribution in [1.82, 2.24) is 19.8 Å². The minimum Gasteiger partial charge on any atom is -0.481 e. The zero-order chi connectivity index (χ0) is 19.9. The van der Waals surface area contributed by atoms with Crippen LogP contribution in [0.25, 0.3) is 16.3 Å². The van der Waals surface area contributed by atoms with Gasteiger partial charge in [0.25, 0.3) is 0 Å². The number of ether oxygens (including phenoxy) is 1. The van der Waals surface area contributed by atoms with E-state index in [1.54, 1.807) is 16.6 Å². The molecule has 2 aromatic heterocycles. The van der Waals surface area contributed by atoms with Crippen LogP contribution in [0.1, 0.15) is 18.9 Å². The first-order valence-corrected chi connectivity index (χ1v) is 9.98. The molecule has 0 amide bonds. The summed E-state index contributed by atoms with van der Waals surface area (Å²) in [5.41, 5.74) is 1.47. The summed E-state index contributed by atoms with van der Waals surface area (Å²) >= 11 is 7.42. The summed E-state index contributed by atoms with van der Waals surface area (Å²) in [6.07, 6.45) is 0. The molecule has 0 bridgehead atoms. The van der Waals surface area contributed by atoms with E-state index < -0.39 is 5.60 Å². The van der Waals surface area contributed by atoms with E-state index in [0.29, 0.717) is 10.8 Å². The van der Waals surface area contributed by atoms with Crippen LogP contribution in [0.3, 0.4) is 0 Å². The molecule has 144 valence electrons. The third kappa shape index (κ3) is 3.55. The van der Waals surface area contributed by atoms with Gasteiger partial charge in [-0.15, -0.1) is 10.2 Å². The molecule has 0 saturated heterocycles. The number of hydrogen-bond donors (Lipinski definition) is 0. The molecular formula is C20H20ClN5OS. The Labute approximate surface area is 172 Å². The van der Waals surface area contributed by atoms with Crippen LogP contribution in [-0.4, -0.2) is 33.9 Å². The number of benzene rings is 2. The maximum atomic E-state index is 6.15. The van der Waals surface area contributed by atoms with E-state index in [1.807, 2.05) is 52.2 Å². The number of nitrogens with zero attached hydrogens (tertiary/aromatic N) is 5. The molecule has 2 aromatic carbocycles. The lowest BCUT2D eigenvalue weighted by molar-refractivity contribution is 0.107. The number of aromatic nitrogens is 4. The largest absolute Gasteiger partial charge is 0.481 e. The number of anilines is 1. The summed E-state index contributed by atoms with van der Waals surface area (Å²) in [4.78, 5) is 2.79. The minimum atomic E-state index is -0.620. The summed E-state index contributed by atoms with van der Waals surface area (Å²) in [5.74, 6) is 1.45. The first-order chi connectivity index (χ1) is 13.3. The van der Waals surface area contributed by atoms with E-state index in [1.165, 1.54) is 11.3 Å². The van der Waals surface area contributed by atoms with Gasteiger partial charge in [-0.25, -0.2) is 0 Å². The molecule has 4 aromatic rings. The maximum Gasteiger partial charge on any atom is 0.235 e. The molecule has 8 heteroatoms. The Bertz CT molecular complexity index is 1100.